The molecule has 0 bridgehead atoms. The van der Waals surface area contributed by atoms with Gasteiger partial charge in [0, 0.05) is 18.6 Å². The van der Waals surface area contributed by atoms with Crippen molar-refractivity contribution in [3.8, 4) is 0 Å². The molecular weight excluding hydrogens is 200 g/mol. The summed E-state index contributed by atoms with van der Waals surface area (Å²) in [5.74, 6) is 0.730. The van der Waals surface area contributed by atoms with Gasteiger partial charge in [-0.05, 0) is 31.0 Å². The van der Waals surface area contributed by atoms with Gasteiger partial charge in [0.05, 0.1) is 11.7 Å². The van der Waals surface area contributed by atoms with Gasteiger partial charge in [-0.15, -0.1) is 0 Å². The van der Waals surface area contributed by atoms with E-state index in [0.29, 0.717) is 0 Å². The van der Waals surface area contributed by atoms with E-state index >= 15 is 0 Å². The van der Waals surface area contributed by atoms with Crippen molar-refractivity contribution in [1.82, 2.24) is 15.0 Å². The van der Waals surface area contributed by atoms with Gasteiger partial charge in [-0.2, -0.15) is 0 Å². The Kier molecular flexibility index (Phi) is 2.92. The average Bonchev–Trinajstić information content (AvgIpc) is 2.28. The monoisotopic (exact) mass is 214 g/mol. The lowest BCUT2D eigenvalue weighted by atomic mass is 10.1. The maximum absolute atomic E-state index is 6.12. The molecule has 0 aliphatic heterocycles. The van der Waals surface area contributed by atoms with Gasteiger partial charge in [0.2, 0.25) is 0 Å². The first kappa shape index (κ1) is 10.7. The van der Waals surface area contributed by atoms with Crippen LogP contribution in [0.2, 0.25) is 0 Å². The third kappa shape index (κ3) is 2.23. The van der Waals surface area contributed by atoms with Gasteiger partial charge in [0.1, 0.15) is 5.82 Å². The largest absolute Gasteiger partial charge is 0.319 e. The van der Waals surface area contributed by atoms with Gasteiger partial charge in [-0.25, -0.2) is 9.97 Å². The van der Waals surface area contributed by atoms with E-state index in [1.165, 1.54) is 0 Å². The zero-order valence-electron chi connectivity index (χ0n) is 9.38. The predicted molar refractivity (Wildman–Crippen MR) is 61.8 cm³/mol. The summed E-state index contributed by atoms with van der Waals surface area (Å²) in [6.07, 6.45) is 5.30. The third-order valence-corrected chi connectivity index (χ3v) is 2.37. The van der Waals surface area contributed by atoms with Crippen LogP contribution in [0.15, 0.2) is 30.7 Å². The quantitative estimate of drug-likeness (QED) is 0.823. The molecule has 0 aliphatic rings. The van der Waals surface area contributed by atoms with Crippen molar-refractivity contribution < 1.29 is 0 Å². The molecule has 0 amide bonds. The maximum atomic E-state index is 6.12. The maximum Gasteiger partial charge on any atom is 0.125 e. The van der Waals surface area contributed by atoms with E-state index in [1.807, 2.05) is 26.0 Å². The number of nitrogens with zero attached hydrogens (tertiary/aromatic N) is 3. The van der Waals surface area contributed by atoms with Crippen LogP contribution in [0.25, 0.3) is 0 Å². The third-order valence-electron chi connectivity index (χ3n) is 2.37. The Balaban J connectivity index is 2.35. The van der Waals surface area contributed by atoms with Crippen molar-refractivity contribution >= 4 is 0 Å². The Morgan fingerprint density at radius 2 is 2.06 bits per heavy atom. The minimum Gasteiger partial charge on any atom is -0.319 e. The Hall–Kier alpha value is -1.81. The fourth-order valence-corrected chi connectivity index (χ4v) is 1.57. The van der Waals surface area contributed by atoms with E-state index in [2.05, 4.69) is 15.0 Å². The standard InChI is InChI=1S/C12H14N4/c1-8-5-10(7-14-6-8)12(13)11-3-4-15-9(2)16-11/h3-7,12H,13H2,1-2H3. The molecule has 2 N–H and O–H groups in total. The molecule has 2 heterocycles. The summed E-state index contributed by atoms with van der Waals surface area (Å²) >= 11 is 0. The number of nitrogens with two attached hydrogens (primary N) is 1. The molecule has 1 unspecified atom stereocenters. The summed E-state index contributed by atoms with van der Waals surface area (Å²) in [5, 5.41) is 0. The first-order chi connectivity index (χ1) is 7.66. The Morgan fingerprint density at radius 3 is 2.75 bits per heavy atom. The minimum atomic E-state index is -0.242. The van der Waals surface area contributed by atoms with Crippen molar-refractivity contribution in [3.63, 3.8) is 0 Å². The molecule has 0 saturated carbocycles. The minimum absolute atomic E-state index is 0.242. The topological polar surface area (TPSA) is 64.7 Å². The van der Waals surface area contributed by atoms with Gasteiger partial charge in [0.25, 0.3) is 0 Å². The van der Waals surface area contributed by atoms with Crippen LogP contribution in [0.5, 0.6) is 0 Å². The zero-order chi connectivity index (χ0) is 11.5. The highest BCUT2D eigenvalue weighted by Gasteiger charge is 2.10. The molecule has 0 fully saturated rings. The van der Waals surface area contributed by atoms with E-state index in [4.69, 9.17) is 5.73 Å². The lowest BCUT2D eigenvalue weighted by molar-refractivity contribution is 0.801. The van der Waals surface area contributed by atoms with Crippen LogP contribution in [-0.4, -0.2) is 15.0 Å². The summed E-state index contributed by atoms with van der Waals surface area (Å²) in [4.78, 5) is 12.5. The number of pyridine rings is 1. The summed E-state index contributed by atoms with van der Waals surface area (Å²) in [5.41, 5.74) is 9.01. The average molecular weight is 214 g/mol. The van der Waals surface area contributed by atoms with Crippen LogP contribution in [0.4, 0.5) is 0 Å². The van der Waals surface area contributed by atoms with Crippen LogP contribution in [0, 0.1) is 13.8 Å². The second-order valence-electron chi connectivity index (χ2n) is 3.80. The van der Waals surface area contributed by atoms with E-state index in [0.717, 1.165) is 22.6 Å². The highest BCUT2D eigenvalue weighted by atomic mass is 14.9. The molecule has 0 spiro atoms. The van der Waals surface area contributed by atoms with Crippen LogP contribution >= 0.6 is 0 Å². The molecule has 1 atom stereocenters. The molecule has 2 aromatic heterocycles. The van der Waals surface area contributed by atoms with Gasteiger partial charge in [-0.3, -0.25) is 4.98 Å². The smallest absolute Gasteiger partial charge is 0.125 e. The zero-order valence-corrected chi connectivity index (χ0v) is 9.38. The molecule has 2 rings (SSSR count). The van der Waals surface area contributed by atoms with Gasteiger partial charge in [-0.1, -0.05) is 6.07 Å². The SMILES string of the molecule is Cc1cncc(C(N)c2ccnc(C)n2)c1. The van der Waals surface area contributed by atoms with Crippen molar-refractivity contribution in [1.29, 1.82) is 0 Å². The molecule has 0 aromatic carbocycles. The number of aryl methyl sites for hydroxylation is 2. The molecule has 2 aromatic rings. The summed E-state index contributed by atoms with van der Waals surface area (Å²) in [7, 11) is 0. The van der Waals surface area contributed by atoms with Crippen LogP contribution < -0.4 is 5.73 Å². The molecule has 16 heavy (non-hydrogen) atoms. The van der Waals surface area contributed by atoms with Gasteiger partial charge in [0.15, 0.2) is 0 Å². The first-order valence-corrected chi connectivity index (χ1v) is 5.13. The molecule has 4 nitrogen and oxygen atoms in total. The molecule has 0 radical (unpaired) electrons. The number of aromatic nitrogens is 3. The molecule has 0 aliphatic carbocycles. The highest BCUT2D eigenvalue weighted by Crippen LogP contribution is 2.17. The van der Waals surface area contributed by atoms with Gasteiger partial charge < -0.3 is 5.73 Å². The molecule has 82 valence electrons. The summed E-state index contributed by atoms with van der Waals surface area (Å²) in [6, 6.07) is 3.61. The fourth-order valence-electron chi connectivity index (χ4n) is 1.57. The van der Waals surface area contributed by atoms with Crippen molar-refractivity contribution in [2.75, 3.05) is 0 Å². The van der Waals surface area contributed by atoms with Gasteiger partial charge >= 0.3 is 0 Å². The Labute approximate surface area is 94.6 Å². The normalized spacial score (nSPS) is 12.4. The van der Waals surface area contributed by atoms with E-state index in [-0.39, 0.29) is 6.04 Å². The van der Waals surface area contributed by atoms with E-state index < -0.39 is 0 Å². The number of hydrogen-bond acceptors (Lipinski definition) is 4. The second-order valence-corrected chi connectivity index (χ2v) is 3.80. The second kappa shape index (κ2) is 4.37. The fraction of sp³-hybridized carbons (Fsp3) is 0.250. The van der Waals surface area contributed by atoms with E-state index in [9.17, 15) is 0 Å². The Morgan fingerprint density at radius 1 is 1.25 bits per heavy atom. The molecule has 0 saturated heterocycles. The van der Waals surface area contributed by atoms with Crippen molar-refractivity contribution in [2.45, 2.75) is 19.9 Å². The lowest BCUT2D eigenvalue weighted by Crippen LogP contribution is -2.14. The summed E-state index contributed by atoms with van der Waals surface area (Å²) in [6.45, 7) is 3.85. The summed E-state index contributed by atoms with van der Waals surface area (Å²) < 4.78 is 0. The van der Waals surface area contributed by atoms with Crippen LogP contribution in [0.3, 0.4) is 0 Å². The van der Waals surface area contributed by atoms with Crippen LogP contribution in [-0.2, 0) is 0 Å². The predicted octanol–water partition coefficient (Wildman–Crippen LogP) is 1.54. The Bertz CT molecular complexity index is 450. The highest BCUT2D eigenvalue weighted by molar-refractivity contribution is 5.26. The van der Waals surface area contributed by atoms with Crippen LogP contribution in [0.1, 0.15) is 28.7 Å². The first-order valence-electron chi connectivity index (χ1n) is 5.13. The lowest BCUT2D eigenvalue weighted by Gasteiger charge is -2.11. The number of hydrogen-bond donors (Lipinski definition) is 1. The van der Waals surface area contributed by atoms with Crippen molar-refractivity contribution in [3.05, 3.63) is 53.4 Å². The number of rotatable bonds is 2. The van der Waals surface area contributed by atoms with E-state index in [1.54, 1.807) is 18.6 Å². The van der Waals surface area contributed by atoms with Crippen molar-refractivity contribution in [2.24, 2.45) is 5.73 Å². The molecule has 4 heteroatoms. The molecular formula is C12H14N4.